The van der Waals surface area contributed by atoms with Crippen molar-refractivity contribution in [1.29, 1.82) is 0 Å². The molecule has 1 aromatic heterocycles. The number of ether oxygens (including phenoxy) is 2. The van der Waals surface area contributed by atoms with Crippen molar-refractivity contribution in [3.8, 4) is 0 Å². The molecule has 0 aliphatic carbocycles. The van der Waals surface area contributed by atoms with Crippen LogP contribution in [0.4, 0.5) is 0 Å². The van der Waals surface area contributed by atoms with Gasteiger partial charge in [-0.1, -0.05) is 0 Å². The molecule has 3 rings (SSSR count). The summed E-state index contributed by atoms with van der Waals surface area (Å²) in [6, 6.07) is 0. The molecule has 162 valence electrons. The van der Waals surface area contributed by atoms with Gasteiger partial charge >= 0.3 is 5.97 Å². The molecule has 2 aliphatic rings. The van der Waals surface area contributed by atoms with Crippen LogP contribution >= 0.6 is 0 Å². The highest BCUT2D eigenvalue weighted by atomic mass is 32.2. The van der Waals surface area contributed by atoms with Crippen molar-refractivity contribution in [3.05, 3.63) is 12.0 Å². The van der Waals surface area contributed by atoms with Crippen molar-refractivity contribution < 1.29 is 27.5 Å². The molecule has 11 heteroatoms. The lowest BCUT2D eigenvalue weighted by Gasteiger charge is -2.31. The van der Waals surface area contributed by atoms with E-state index in [1.807, 2.05) is 6.92 Å². The van der Waals surface area contributed by atoms with Gasteiger partial charge in [-0.05, 0) is 26.7 Å². The zero-order valence-electron chi connectivity index (χ0n) is 17.0. The molecule has 3 heterocycles. The Kier molecular flexibility index (Phi) is 6.59. The molecule has 0 N–H and O–H groups in total. The summed E-state index contributed by atoms with van der Waals surface area (Å²) in [6.45, 7) is 5.21. The summed E-state index contributed by atoms with van der Waals surface area (Å²) in [5.41, 5.74) is 0. The van der Waals surface area contributed by atoms with Crippen LogP contribution in [0.15, 0.2) is 11.2 Å². The number of piperidine rings is 1. The predicted octanol–water partition coefficient (Wildman–Crippen LogP) is -0.0803. The first kappa shape index (κ1) is 21.7. The van der Waals surface area contributed by atoms with Gasteiger partial charge in [-0.3, -0.25) is 9.59 Å². The Morgan fingerprint density at radius 1 is 1.28 bits per heavy atom. The van der Waals surface area contributed by atoms with Crippen molar-refractivity contribution in [2.45, 2.75) is 37.8 Å². The van der Waals surface area contributed by atoms with Crippen LogP contribution in [0.5, 0.6) is 0 Å². The van der Waals surface area contributed by atoms with Crippen molar-refractivity contribution >= 4 is 21.9 Å². The summed E-state index contributed by atoms with van der Waals surface area (Å²) < 4.78 is 39.0. The molecule has 0 bridgehead atoms. The quantitative estimate of drug-likeness (QED) is 0.603. The molecule has 0 radical (unpaired) electrons. The number of sulfonamides is 1. The molecular formula is C18H28N4O6S. The molecule has 10 nitrogen and oxygen atoms in total. The zero-order chi connectivity index (χ0) is 21.2. The summed E-state index contributed by atoms with van der Waals surface area (Å²) in [5.74, 6) is -0.492. The minimum Gasteiger partial charge on any atom is -0.455 e. The number of carbonyl (C=O) groups excluding carboxylic acids is 2. The van der Waals surface area contributed by atoms with Crippen molar-refractivity contribution in [1.82, 2.24) is 18.8 Å². The normalized spacial score (nSPS) is 21.9. The molecule has 2 saturated heterocycles. The molecule has 1 amide bonds. The first-order valence-corrected chi connectivity index (χ1v) is 11.2. The molecular weight excluding hydrogens is 400 g/mol. The number of amides is 1. The van der Waals surface area contributed by atoms with E-state index in [9.17, 15) is 18.0 Å². The third-order valence-electron chi connectivity index (χ3n) is 5.41. The van der Waals surface area contributed by atoms with E-state index in [0.717, 1.165) is 0 Å². The van der Waals surface area contributed by atoms with Crippen LogP contribution in [0.1, 0.15) is 25.6 Å². The van der Waals surface area contributed by atoms with Gasteiger partial charge in [-0.15, -0.1) is 0 Å². The molecule has 29 heavy (non-hydrogen) atoms. The van der Waals surface area contributed by atoms with E-state index >= 15 is 0 Å². The highest BCUT2D eigenvalue weighted by molar-refractivity contribution is 7.89. The maximum Gasteiger partial charge on any atom is 0.309 e. The molecule has 0 aromatic carbocycles. The average molecular weight is 429 g/mol. The third-order valence-corrected chi connectivity index (χ3v) is 7.18. The van der Waals surface area contributed by atoms with E-state index in [4.69, 9.17) is 9.47 Å². The Morgan fingerprint density at radius 3 is 2.55 bits per heavy atom. The van der Waals surface area contributed by atoms with Crippen LogP contribution in [0.3, 0.4) is 0 Å². The largest absolute Gasteiger partial charge is 0.455 e. The van der Waals surface area contributed by atoms with Gasteiger partial charge in [0.05, 0.1) is 18.6 Å². The molecule has 0 spiro atoms. The Hall–Kier alpha value is -1.98. The molecule has 2 aliphatic heterocycles. The third kappa shape index (κ3) is 4.96. The van der Waals surface area contributed by atoms with Crippen LogP contribution < -0.4 is 0 Å². The van der Waals surface area contributed by atoms with Crippen LogP contribution in [0.25, 0.3) is 0 Å². The van der Waals surface area contributed by atoms with Gasteiger partial charge in [0.25, 0.3) is 15.9 Å². The fraction of sp³-hybridized carbons (Fsp3) is 0.722. The summed E-state index contributed by atoms with van der Waals surface area (Å²) in [7, 11) is -1.94. The monoisotopic (exact) mass is 428 g/mol. The molecule has 1 atom stereocenters. The van der Waals surface area contributed by atoms with E-state index in [-0.39, 0.29) is 36.7 Å². The standard InChI is InChI=1S/C18H28N4O6S/c1-13-10-21(8-9-27-13)17(23)12-28-18(24)15-4-6-22(7-5-15)29(25,26)16-11-20(3)14(2)19-16/h11,13,15H,4-10,12H2,1-3H3. The summed E-state index contributed by atoms with van der Waals surface area (Å²) in [4.78, 5) is 30.3. The highest BCUT2D eigenvalue weighted by Gasteiger charge is 2.34. The predicted molar refractivity (Wildman–Crippen MR) is 102 cm³/mol. The lowest BCUT2D eigenvalue weighted by Crippen LogP contribution is -2.46. The summed E-state index contributed by atoms with van der Waals surface area (Å²) >= 11 is 0. The Morgan fingerprint density at radius 2 is 1.97 bits per heavy atom. The minimum absolute atomic E-state index is 0.0175. The zero-order valence-corrected chi connectivity index (χ0v) is 17.9. The molecule has 1 unspecified atom stereocenters. The second-order valence-corrected chi connectivity index (χ2v) is 9.43. The highest BCUT2D eigenvalue weighted by Crippen LogP contribution is 2.24. The Bertz CT molecular complexity index is 840. The van der Waals surface area contributed by atoms with Gasteiger partial charge in [0.15, 0.2) is 11.6 Å². The first-order valence-electron chi connectivity index (χ1n) is 9.74. The number of aryl methyl sites for hydroxylation is 2. The van der Waals surface area contributed by atoms with Crippen LogP contribution in [-0.4, -0.2) is 84.5 Å². The first-order chi connectivity index (χ1) is 13.7. The number of esters is 1. The maximum atomic E-state index is 12.7. The van der Waals surface area contributed by atoms with Crippen LogP contribution in [0.2, 0.25) is 0 Å². The SMILES string of the molecule is Cc1nc(S(=O)(=O)N2CCC(C(=O)OCC(=O)N3CCOC(C)C3)CC2)cn1C. The number of carbonyl (C=O) groups is 2. The molecule has 0 saturated carbocycles. The van der Waals surface area contributed by atoms with Crippen molar-refractivity contribution in [2.24, 2.45) is 13.0 Å². The van der Waals surface area contributed by atoms with Gasteiger partial charge in [-0.2, -0.15) is 4.31 Å². The van der Waals surface area contributed by atoms with E-state index in [2.05, 4.69) is 4.98 Å². The smallest absolute Gasteiger partial charge is 0.309 e. The van der Waals surface area contributed by atoms with E-state index in [1.54, 1.807) is 23.4 Å². The second kappa shape index (κ2) is 8.80. The summed E-state index contributed by atoms with van der Waals surface area (Å²) in [5, 5.41) is 0.0175. The van der Waals surface area contributed by atoms with Gasteiger partial charge in [0.2, 0.25) is 0 Å². The number of imidazole rings is 1. The topological polar surface area (TPSA) is 111 Å². The van der Waals surface area contributed by atoms with Crippen molar-refractivity contribution in [2.75, 3.05) is 39.4 Å². The Labute approximate surface area is 170 Å². The second-order valence-electron chi connectivity index (χ2n) is 7.54. The van der Waals surface area contributed by atoms with E-state index in [0.29, 0.717) is 38.4 Å². The number of aromatic nitrogens is 2. The molecule has 1 aromatic rings. The number of rotatable bonds is 5. The van der Waals surface area contributed by atoms with E-state index in [1.165, 1.54) is 10.5 Å². The fourth-order valence-electron chi connectivity index (χ4n) is 3.50. The maximum absolute atomic E-state index is 12.7. The van der Waals surface area contributed by atoms with Crippen LogP contribution in [0, 0.1) is 12.8 Å². The van der Waals surface area contributed by atoms with Gasteiger partial charge in [0, 0.05) is 39.4 Å². The van der Waals surface area contributed by atoms with Crippen LogP contribution in [-0.2, 0) is 36.1 Å². The fourth-order valence-corrected chi connectivity index (χ4v) is 5.00. The summed E-state index contributed by atoms with van der Waals surface area (Å²) in [6.07, 6.45) is 2.17. The van der Waals surface area contributed by atoms with Gasteiger partial charge < -0.3 is 18.9 Å². The van der Waals surface area contributed by atoms with Gasteiger partial charge in [-0.25, -0.2) is 13.4 Å². The van der Waals surface area contributed by atoms with Gasteiger partial charge in [0.1, 0.15) is 5.82 Å². The van der Waals surface area contributed by atoms with Crippen molar-refractivity contribution in [3.63, 3.8) is 0 Å². The minimum atomic E-state index is -3.68. The average Bonchev–Trinajstić information content (AvgIpc) is 3.05. The molecule has 2 fully saturated rings. The lowest BCUT2D eigenvalue weighted by atomic mass is 9.98. The lowest BCUT2D eigenvalue weighted by molar-refractivity contribution is -0.158. The van der Waals surface area contributed by atoms with E-state index < -0.39 is 21.9 Å². The number of hydrogen-bond donors (Lipinski definition) is 0. The Balaban J connectivity index is 1.48. The number of hydrogen-bond acceptors (Lipinski definition) is 7. The number of nitrogens with zero attached hydrogens (tertiary/aromatic N) is 4. The number of morpholine rings is 1.